The molecule has 1 saturated heterocycles. The van der Waals surface area contributed by atoms with Crippen molar-refractivity contribution in [2.45, 2.75) is 88.6 Å². The van der Waals surface area contributed by atoms with E-state index in [1.54, 1.807) is 20.3 Å². The Morgan fingerprint density at radius 2 is 1.60 bits per heavy atom. The molecular weight excluding hydrogens is 747 g/mol. The van der Waals surface area contributed by atoms with Gasteiger partial charge in [-0.2, -0.15) is 5.26 Å². The highest BCUT2D eigenvalue weighted by Crippen LogP contribution is 2.60. The molecule has 11 heteroatoms. The minimum atomic E-state index is -3.38. The fraction of sp³-hybridized carbons (Fsp3) is 0.426. The number of fused-ring (bicyclic) bond motifs is 9. The molecule has 0 saturated carbocycles. The predicted molar refractivity (Wildman–Crippen MR) is 226 cm³/mol. The Balaban J connectivity index is 1.33. The number of hydrogen-bond donors (Lipinski definition) is 1. The van der Waals surface area contributed by atoms with Gasteiger partial charge in [0, 0.05) is 47.5 Å². The van der Waals surface area contributed by atoms with E-state index in [2.05, 4.69) is 73.7 Å². The number of likely N-dealkylation sites (N-methyl/N-ethyl adjacent to an activating group) is 1. The molecule has 4 aliphatic rings. The highest BCUT2D eigenvalue weighted by Gasteiger charge is 2.58. The number of hydrogen-bond acceptors (Lipinski definition) is 10. The van der Waals surface area contributed by atoms with E-state index in [9.17, 15) is 10.1 Å². The van der Waals surface area contributed by atoms with Crippen LogP contribution in [-0.2, 0) is 17.6 Å². The number of benzene rings is 4. The molecule has 1 N–H and O–H groups in total. The first-order chi connectivity index (χ1) is 28.0. The summed E-state index contributed by atoms with van der Waals surface area (Å²) in [7, 11) is 2.07. The maximum Gasteiger partial charge on any atom is 0.258 e. The van der Waals surface area contributed by atoms with E-state index in [-0.39, 0.29) is 37.8 Å². The smallest absolute Gasteiger partial charge is 0.258 e. The maximum absolute atomic E-state index is 13.3. The number of nitriles is 1. The lowest BCUT2D eigenvalue weighted by atomic mass is 9.71. The minimum absolute atomic E-state index is 0.0691. The van der Waals surface area contributed by atoms with Gasteiger partial charge in [0.1, 0.15) is 18.4 Å². The fourth-order valence-electron chi connectivity index (χ4n) is 10.7. The Morgan fingerprint density at radius 3 is 2.22 bits per heavy atom. The van der Waals surface area contributed by atoms with Crippen molar-refractivity contribution in [3.8, 4) is 34.8 Å². The number of ether oxygens (including phenoxy) is 6. The Morgan fingerprint density at radius 1 is 0.931 bits per heavy atom. The molecule has 1 fully saturated rings. The number of aryl methyl sites for hydroxylation is 1. The first-order valence-electron chi connectivity index (χ1n) is 20.2. The summed E-state index contributed by atoms with van der Waals surface area (Å²) in [4.78, 5) is 18.1. The van der Waals surface area contributed by atoms with Crippen LogP contribution in [0.4, 0.5) is 0 Å². The van der Waals surface area contributed by atoms with Gasteiger partial charge in [-0.1, -0.05) is 93.2 Å². The second kappa shape index (κ2) is 15.7. The molecule has 58 heavy (non-hydrogen) atoms. The summed E-state index contributed by atoms with van der Waals surface area (Å²) in [6.07, 6.45) is 4.32. The number of piperazine rings is 1. The molecule has 5 atom stereocenters. The molecule has 0 aliphatic carbocycles. The zero-order valence-electron chi connectivity index (χ0n) is 34.7. The van der Waals surface area contributed by atoms with Crippen LogP contribution in [0.2, 0.25) is 5.04 Å². The largest absolute Gasteiger partial charge is 0.493 e. The van der Waals surface area contributed by atoms with Crippen LogP contribution in [0.15, 0.2) is 79.4 Å². The van der Waals surface area contributed by atoms with Crippen LogP contribution in [0.3, 0.4) is 0 Å². The van der Waals surface area contributed by atoms with Crippen LogP contribution in [0.5, 0.6) is 28.7 Å². The number of nitrogens with zero attached hydrogens (tertiary/aromatic N) is 3. The van der Waals surface area contributed by atoms with Crippen LogP contribution >= 0.6 is 0 Å². The van der Waals surface area contributed by atoms with Crippen molar-refractivity contribution < 1.29 is 33.2 Å². The summed E-state index contributed by atoms with van der Waals surface area (Å²) < 4.78 is 37.2. The van der Waals surface area contributed by atoms with Crippen LogP contribution in [-0.4, -0.2) is 82.5 Å². The van der Waals surface area contributed by atoms with E-state index < -0.39 is 19.4 Å². The molecule has 4 aliphatic heterocycles. The molecular formula is C47H55N3O7Si. The van der Waals surface area contributed by atoms with Gasteiger partial charge in [-0.25, -0.2) is 0 Å². The third kappa shape index (κ3) is 6.20. The van der Waals surface area contributed by atoms with Gasteiger partial charge in [-0.05, 0) is 73.1 Å². The lowest BCUT2D eigenvalue weighted by Crippen LogP contribution is -2.68. The van der Waals surface area contributed by atoms with E-state index in [4.69, 9.17) is 28.4 Å². The fourth-order valence-corrected chi connectivity index (χ4v) is 14.4. The van der Waals surface area contributed by atoms with E-state index in [1.165, 1.54) is 0 Å². The van der Waals surface area contributed by atoms with Gasteiger partial charge in [-0.3, -0.25) is 9.80 Å². The van der Waals surface area contributed by atoms with Gasteiger partial charge < -0.3 is 33.2 Å². The van der Waals surface area contributed by atoms with E-state index in [1.807, 2.05) is 50.2 Å². The first kappa shape index (κ1) is 40.0. The Bertz CT molecular complexity index is 2190. The van der Waals surface area contributed by atoms with Crippen molar-refractivity contribution in [2.75, 3.05) is 41.5 Å². The lowest BCUT2D eigenvalue weighted by Gasteiger charge is -2.60. The van der Waals surface area contributed by atoms with Crippen molar-refractivity contribution >= 4 is 18.7 Å². The molecule has 2 bridgehead atoms. The number of rotatable bonds is 13. The summed E-state index contributed by atoms with van der Waals surface area (Å²) in [6.45, 7) is 13.0. The third-order valence-electron chi connectivity index (χ3n) is 13.3. The monoisotopic (exact) mass is 801 g/mol. The normalized spacial score (nSPS) is 22.3. The molecule has 10 nitrogen and oxygen atoms in total. The van der Waals surface area contributed by atoms with Gasteiger partial charge in [0.15, 0.2) is 29.8 Å². The highest BCUT2D eigenvalue weighted by atomic mass is 28.4. The summed E-state index contributed by atoms with van der Waals surface area (Å²) in [5.74, 6) is 3.55. The van der Waals surface area contributed by atoms with Gasteiger partial charge in [0.05, 0.1) is 19.2 Å². The molecule has 0 aromatic heterocycles. The standard InChI is InChI=1S/C47H55N3O7Si/c1-9-22-54-43-30(3)44-46(57-28-56-44)40-34(43)25-37-41-39-31(23-29(2)42(53-8)45(39)55-27-52-7)24-36(49(41)6)38(26-48)50(37)35(40)20-21-47(4,5)58(51,32-16-12-10-13-17-32)33-18-14-11-15-19-33/h9-19,23,35-38,41,51H,1,20-22,24-25,27-28H2,2-8H3/t35-,36+,37-,38-,41+/m0/s1. The summed E-state index contributed by atoms with van der Waals surface area (Å²) in [5.41, 5.74) is 6.15. The summed E-state index contributed by atoms with van der Waals surface area (Å²) in [6, 6.07) is 24.2. The van der Waals surface area contributed by atoms with Crippen molar-refractivity contribution in [3.05, 3.63) is 113 Å². The van der Waals surface area contributed by atoms with Crippen molar-refractivity contribution in [1.29, 1.82) is 5.26 Å². The van der Waals surface area contributed by atoms with Gasteiger partial charge >= 0.3 is 0 Å². The number of methoxy groups -OCH3 is 2. The van der Waals surface area contributed by atoms with E-state index in [0.717, 1.165) is 55.3 Å². The Labute approximate surface area is 343 Å². The average molecular weight is 802 g/mol. The molecule has 8 rings (SSSR count). The second-order valence-electron chi connectivity index (χ2n) is 16.7. The topological polar surface area (TPSA) is 106 Å². The van der Waals surface area contributed by atoms with Crippen molar-refractivity contribution in [1.82, 2.24) is 9.80 Å². The first-order valence-corrected chi connectivity index (χ1v) is 22.2. The van der Waals surface area contributed by atoms with E-state index in [0.29, 0.717) is 49.5 Å². The Kier molecular flexibility index (Phi) is 10.8. The Hall–Kier alpha value is -4.83. The zero-order valence-corrected chi connectivity index (χ0v) is 35.7. The molecule has 4 aromatic rings. The molecule has 0 radical (unpaired) electrons. The molecule has 304 valence electrons. The minimum Gasteiger partial charge on any atom is -0.493 e. The predicted octanol–water partition coefficient (Wildman–Crippen LogP) is 6.67. The average Bonchev–Trinajstić information content (AvgIpc) is 3.73. The van der Waals surface area contributed by atoms with E-state index >= 15 is 0 Å². The van der Waals surface area contributed by atoms with Crippen molar-refractivity contribution in [3.63, 3.8) is 0 Å². The van der Waals surface area contributed by atoms with Crippen LogP contribution in [0.1, 0.15) is 72.2 Å². The van der Waals surface area contributed by atoms with Gasteiger partial charge in [0.2, 0.25) is 6.79 Å². The molecule has 0 amide bonds. The summed E-state index contributed by atoms with van der Waals surface area (Å²) in [5, 5.41) is 12.7. The van der Waals surface area contributed by atoms with Crippen molar-refractivity contribution in [2.24, 2.45) is 0 Å². The zero-order chi connectivity index (χ0) is 40.9. The molecule has 0 unspecified atom stereocenters. The SMILES string of the molecule is C=CCOc1c(C)c2c(c3c1C[C@H]1[C@@H]4c5c(cc(C)c(OC)c5OCOC)C[C@H]([C@H](C#N)N1[C@H]3CCC(C)(C)[Si](O)(c1ccccc1)c1ccccc1)N4C)OCO2. The second-order valence-corrected chi connectivity index (χ2v) is 20.7. The van der Waals surface area contributed by atoms with Gasteiger partial charge in [-0.15, -0.1) is 0 Å². The van der Waals surface area contributed by atoms with Gasteiger partial charge in [0.25, 0.3) is 8.32 Å². The molecule has 4 aromatic carbocycles. The maximum atomic E-state index is 13.3. The quantitative estimate of drug-likeness (QED) is 0.0896. The molecule has 0 spiro atoms. The third-order valence-corrected chi connectivity index (χ3v) is 17.9. The highest BCUT2D eigenvalue weighted by molar-refractivity contribution is 6.98. The van der Waals surface area contributed by atoms with Crippen LogP contribution < -0.4 is 34.1 Å². The van der Waals surface area contributed by atoms with Crippen LogP contribution in [0.25, 0.3) is 0 Å². The molecule has 4 heterocycles. The summed E-state index contributed by atoms with van der Waals surface area (Å²) >= 11 is 0. The lowest BCUT2D eigenvalue weighted by molar-refractivity contribution is -0.0761. The van der Waals surface area contributed by atoms with Crippen LogP contribution in [0, 0.1) is 25.2 Å².